The molecule has 1 aromatic carbocycles. The molecule has 0 amide bonds. The van der Waals surface area contributed by atoms with E-state index in [2.05, 4.69) is 33.7 Å². The molecular weight excluding hydrogens is 382 g/mol. The minimum atomic E-state index is -0.506. The van der Waals surface area contributed by atoms with Crippen molar-refractivity contribution in [3.63, 3.8) is 0 Å². The lowest BCUT2D eigenvalue weighted by atomic mass is 10.2. The molecule has 3 rings (SSSR count). The predicted molar refractivity (Wildman–Crippen MR) is 119 cm³/mol. The van der Waals surface area contributed by atoms with E-state index in [9.17, 15) is 9.59 Å². The molecule has 1 aliphatic rings. The molecule has 156 valence electrons. The van der Waals surface area contributed by atoms with Gasteiger partial charge in [0.05, 0.1) is 19.0 Å². The summed E-state index contributed by atoms with van der Waals surface area (Å²) >= 11 is 0. The number of esters is 1. The van der Waals surface area contributed by atoms with E-state index in [1.54, 1.807) is 24.4 Å². The number of hydrogen-bond donors (Lipinski definition) is 1. The van der Waals surface area contributed by atoms with Crippen LogP contribution >= 0.6 is 0 Å². The summed E-state index contributed by atoms with van der Waals surface area (Å²) in [6.07, 6.45) is 8.22. The van der Waals surface area contributed by atoms with E-state index >= 15 is 0 Å². The van der Waals surface area contributed by atoms with Crippen LogP contribution in [0.4, 0.5) is 5.69 Å². The second-order valence-corrected chi connectivity index (χ2v) is 6.58. The Kier molecular flexibility index (Phi) is 6.79. The van der Waals surface area contributed by atoms with Crippen LogP contribution in [0.5, 0.6) is 0 Å². The van der Waals surface area contributed by atoms with Crippen LogP contribution < -0.4 is 21.3 Å². The Morgan fingerprint density at radius 1 is 1.20 bits per heavy atom. The third kappa shape index (κ3) is 4.83. The third-order valence-corrected chi connectivity index (χ3v) is 4.77. The van der Waals surface area contributed by atoms with Crippen molar-refractivity contribution in [3.8, 4) is 0 Å². The predicted octanol–water partition coefficient (Wildman–Crippen LogP) is 0.802. The van der Waals surface area contributed by atoms with Crippen molar-refractivity contribution in [1.82, 2.24) is 9.55 Å². The Balaban J connectivity index is 2.03. The molecular formula is C22H25N5O3. The van der Waals surface area contributed by atoms with Crippen molar-refractivity contribution in [2.75, 3.05) is 25.1 Å². The van der Waals surface area contributed by atoms with Gasteiger partial charge in [0.15, 0.2) is 0 Å². The number of imidazole rings is 1. The first-order valence-electron chi connectivity index (χ1n) is 9.75. The van der Waals surface area contributed by atoms with Gasteiger partial charge in [0.25, 0.3) is 5.56 Å². The molecule has 1 N–H and O–H groups in total. The molecule has 0 bridgehead atoms. The van der Waals surface area contributed by atoms with Crippen LogP contribution in [0.15, 0.2) is 50.8 Å². The first-order valence-corrected chi connectivity index (χ1v) is 9.75. The van der Waals surface area contributed by atoms with Crippen molar-refractivity contribution < 1.29 is 9.53 Å². The molecule has 0 saturated carbocycles. The lowest BCUT2D eigenvalue weighted by Crippen LogP contribution is -2.34. The number of methoxy groups -OCH3 is 1. The molecule has 2 aromatic rings. The number of carbonyl (C=O) groups excluding carboxylic acids is 1. The molecule has 30 heavy (non-hydrogen) atoms. The van der Waals surface area contributed by atoms with Crippen molar-refractivity contribution in [3.05, 3.63) is 62.8 Å². The maximum absolute atomic E-state index is 12.9. The lowest BCUT2D eigenvalue weighted by Gasteiger charge is -2.20. The SMILES string of the molecule is CCN(CC)c1ccc(/C=c2\[nH]c(=CC=C3C=NC=N3)n(CC(=O)OC)c2=O)cc1. The molecule has 8 nitrogen and oxygen atoms in total. The van der Waals surface area contributed by atoms with Crippen LogP contribution in [0.25, 0.3) is 12.2 Å². The molecule has 1 aliphatic heterocycles. The smallest absolute Gasteiger partial charge is 0.325 e. The maximum atomic E-state index is 12.9. The summed E-state index contributed by atoms with van der Waals surface area (Å²) in [5, 5.41) is 0.378. The average molecular weight is 407 g/mol. The van der Waals surface area contributed by atoms with Crippen molar-refractivity contribution in [2.24, 2.45) is 9.98 Å². The Morgan fingerprint density at radius 2 is 1.93 bits per heavy atom. The molecule has 8 heteroatoms. The van der Waals surface area contributed by atoms with E-state index in [1.165, 1.54) is 18.0 Å². The van der Waals surface area contributed by atoms with Crippen molar-refractivity contribution in [2.45, 2.75) is 20.4 Å². The van der Waals surface area contributed by atoms with Crippen LogP contribution in [-0.2, 0) is 16.1 Å². The first kappa shape index (κ1) is 21.0. The fourth-order valence-corrected chi connectivity index (χ4v) is 3.12. The van der Waals surface area contributed by atoms with Gasteiger partial charge in [0.2, 0.25) is 0 Å². The van der Waals surface area contributed by atoms with E-state index in [1.807, 2.05) is 24.3 Å². The number of aliphatic imine (C=N–C) groups is 2. The largest absolute Gasteiger partial charge is 0.468 e. The van der Waals surface area contributed by atoms with Crippen LogP contribution in [0.2, 0.25) is 0 Å². The second kappa shape index (κ2) is 9.69. The van der Waals surface area contributed by atoms with Crippen LogP contribution in [-0.4, -0.2) is 48.3 Å². The van der Waals surface area contributed by atoms with Gasteiger partial charge in [-0.1, -0.05) is 12.1 Å². The molecule has 0 fully saturated rings. The number of H-pyrrole nitrogens is 1. The van der Waals surface area contributed by atoms with Gasteiger partial charge in [0.1, 0.15) is 23.7 Å². The summed E-state index contributed by atoms with van der Waals surface area (Å²) in [6, 6.07) is 7.99. The molecule has 2 heterocycles. The van der Waals surface area contributed by atoms with E-state index in [4.69, 9.17) is 4.74 Å². The number of ether oxygens (including phenoxy) is 1. The summed E-state index contributed by atoms with van der Waals surface area (Å²) in [5.74, 6) is -0.506. The third-order valence-electron chi connectivity index (χ3n) is 4.77. The highest BCUT2D eigenvalue weighted by Gasteiger charge is 2.09. The van der Waals surface area contributed by atoms with Crippen LogP contribution in [0.1, 0.15) is 19.4 Å². The van der Waals surface area contributed by atoms with Crippen molar-refractivity contribution in [1.29, 1.82) is 0 Å². The Bertz CT molecular complexity index is 1150. The minimum Gasteiger partial charge on any atom is -0.468 e. The highest BCUT2D eigenvalue weighted by Crippen LogP contribution is 2.14. The van der Waals surface area contributed by atoms with Gasteiger partial charge >= 0.3 is 5.97 Å². The van der Waals surface area contributed by atoms with Gasteiger partial charge in [-0.05, 0) is 49.8 Å². The summed E-state index contributed by atoms with van der Waals surface area (Å²) < 4.78 is 6.07. The fraction of sp³-hybridized carbons (Fsp3) is 0.273. The zero-order valence-electron chi connectivity index (χ0n) is 17.3. The number of carbonyl (C=O) groups is 1. The molecule has 0 radical (unpaired) electrons. The summed E-state index contributed by atoms with van der Waals surface area (Å²) in [4.78, 5) is 38.0. The summed E-state index contributed by atoms with van der Waals surface area (Å²) in [5.41, 5.74) is 2.83. The lowest BCUT2D eigenvalue weighted by molar-refractivity contribution is -0.141. The van der Waals surface area contributed by atoms with Gasteiger partial charge in [-0.15, -0.1) is 0 Å². The molecule has 1 aromatic heterocycles. The fourth-order valence-electron chi connectivity index (χ4n) is 3.12. The molecule has 0 atom stereocenters. The van der Waals surface area contributed by atoms with Gasteiger partial charge < -0.3 is 14.6 Å². The number of aromatic amines is 1. The first-order chi connectivity index (χ1) is 14.5. The standard InChI is InChI=1S/C22H25N5O3/c1-4-26(5-2)18-9-6-16(7-10-18)12-19-22(29)27(14-21(28)30-3)20(25-19)11-8-17-13-23-15-24-17/h6-13,15,25H,4-5,14H2,1-3H3/b17-8?,19-12-,20-11?. The molecule has 0 saturated heterocycles. The topological polar surface area (TPSA) is 92.1 Å². The zero-order chi connectivity index (χ0) is 21.5. The molecule has 0 spiro atoms. The van der Waals surface area contributed by atoms with E-state index in [-0.39, 0.29) is 12.1 Å². The number of nitrogens with one attached hydrogen (secondary N) is 1. The monoisotopic (exact) mass is 407 g/mol. The number of anilines is 1. The van der Waals surface area contributed by atoms with Gasteiger partial charge in [-0.3, -0.25) is 14.2 Å². The number of hydrogen-bond acceptors (Lipinski definition) is 6. The Hall–Kier alpha value is -3.68. The number of allylic oxidation sites excluding steroid dienone is 2. The number of nitrogens with zero attached hydrogens (tertiary/aromatic N) is 4. The molecule has 0 aliphatic carbocycles. The van der Waals surface area contributed by atoms with E-state index in [0.717, 1.165) is 24.3 Å². The normalized spacial score (nSPS) is 15.4. The molecule has 0 unspecified atom stereocenters. The average Bonchev–Trinajstić information content (AvgIpc) is 3.38. The van der Waals surface area contributed by atoms with Crippen LogP contribution in [0.3, 0.4) is 0 Å². The summed E-state index contributed by atoms with van der Waals surface area (Å²) in [6.45, 7) is 5.90. The van der Waals surface area contributed by atoms with Crippen molar-refractivity contribution >= 4 is 36.4 Å². The highest BCUT2D eigenvalue weighted by molar-refractivity contribution is 5.92. The number of benzene rings is 1. The van der Waals surface area contributed by atoms with Gasteiger partial charge in [-0.25, -0.2) is 9.98 Å². The van der Waals surface area contributed by atoms with Gasteiger partial charge in [-0.2, -0.15) is 0 Å². The number of rotatable bonds is 7. The number of aromatic nitrogens is 2. The highest BCUT2D eigenvalue weighted by atomic mass is 16.5. The van der Waals surface area contributed by atoms with E-state index < -0.39 is 5.97 Å². The minimum absolute atomic E-state index is 0.188. The quantitative estimate of drug-likeness (QED) is 0.688. The van der Waals surface area contributed by atoms with Crippen LogP contribution in [0, 0.1) is 0 Å². The zero-order valence-corrected chi connectivity index (χ0v) is 17.3. The second-order valence-electron chi connectivity index (χ2n) is 6.58. The van der Waals surface area contributed by atoms with Gasteiger partial charge in [0, 0.05) is 18.8 Å². The Morgan fingerprint density at radius 3 is 2.53 bits per heavy atom. The Labute approximate surface area is 174 Å². The maximum Gasteiger partial charge on any atom is 0.325 e. The summed E-state index contributed by atoms with van der Waals surface area (Å²) in [7, 11) is 1.29. The van der Waals surface area contributed by atoms with E-state index in [0.29, 0.717) is 16.5 Å².